The summed E-state index contributed by atoms with van der Waals surface area (Å²) in [6.07, 6.45) is -3.32. The number of hydrogen-bond donors (Lipinski definition) is 4. The van der Waals surface area contributed by atoms with Gasteiger partial charge in [-0.3, -0.25) is 0 Å². The van der Waals surface area contributed by atoms with E-state index in [0.29, 0.717) is 19.1 Å². The fourth-order valence-electron chi connectivity index (χ4n) is 2.72. The van der Waals surface area contributed by atoms with Crippen molar-refractivity contribution in [3.8, 4) is 0 Å². The number of aliphatic hydroxyl groups is 3. The van der Waals surface area contributed by atoms with E-state index < -0.39 is 30.7 Å². The Morgan fingerprint density at radius 2 is 1.95 bits per heavy atom. The van der Waals surface area contributed by atoms with E-state index in [2.05, 4.69) is 19.2 Å². The molecular weight excluding hydrogens is 290 g/mol. The maximum Gasteiger partial charge on any atom is 0.186 e. The van der Waals surface area contributed by atoms with Crippen molar-refractivity contribution in [2.75, 3.05) is 26.3 Å². The maximum atomic E-state index is 10.0. The second kappa shape index (κ2) is 8.54. The summed E-state index contributed by atoms with van der Waals surface area (Å²) in [6.45, 7) is 6.38. The molecule has 0 spiro atoms. The molecule has 0 aliphatic carbocycles. The second-order valence-corrected chi connectivity index (χ2v) is 6.54. The number of ether oxygens (including phenoxy) is 3. The van der Waals surface area contributed by atoms with Crippen LogP contribution in [0.1, 0.15) is 26.7 Å². The quantitative estimate of drug-likeness (QED) is 0.489. The summed E-state index contributed by atoms with van der Waals surface area (Å²) in [7, 11) is 0. The summed E-state index contributed by atoms with van der Waals surface area (Å²) < 4.78 is 16.6. The molecular formula is C15H29NO6. The highest BCUT2D eigenvalue weighted by Crippen LogP contribution is 2.23. The normalized spacial score (nSPS) is 39.5. The second-order valence-electron chi connectivity index (χ2n) is 6.54. The fraction of sp³-hybridized carbons (Fsp3) is 1.00. The van der Waals surface area contributed by atoms with Crippen molar-refractivity contribution in [3.63, 3.8) is 0 Å². The largest absolute Gasteiger partial charge is 0.388 e. The van der Waals surface area contributed by atoms with Crippen LogP contribution >= 0.6 is 0 Å². The first-order valence-corrected chi connectivity index (χ1v) is 8.12. The minimum absolute atomic E-state index is 0.0114. The molecule has 7 nitrogen and oxygen atoms in total. The Morgan fingerprint density at radius 1 is 1.18 bits per heavy atom. The minimum atomic E-state index is -1.28. The average molecular weight is 319 g/mol. The molecule has 1 unspecified atom stereocenters. The first kappa shape index (κ1) is 18.1. The molecule has 7 heteroatoms. The van der Waals surface area contributed by atoms with Gasteiger partial charge in [0.2, 0.25) is 0 Å². The van der Waals surface area contributed by atoms with E-state index in [1.807, 2.05) is 0 Å². The lowest BCUT2D eigenvalue weighted by Gasteiger charge is -2.40. The Labute approximate surface area is 131 Å². The monoisotopic (exact) mass is 319 g/mol. The third-order valence-corrected chi connectivity index (χ3v) is 4.04. The molecule has 22 heavy (non-hydrogen) atoms. The summed E-state index contributed by atoms with van der Waals surface area (Å²) >= 11 is 0. The van der Waals surface area contributed by atoms with Gasteiger partial charge in [-0.2, -0.15) is 0 Å². The highest BCUT2D eigenvalue weighted by molar-refractivity contribution is 4.90. The summed E-state index contributed by atoms with van der Waals surface area (Å²) in [4.78, 5) is 0. The third-order valence-electron chi connectivity index (χ3n) is 4.04. The molecule has 2 saturated heterocycles. The maximum absolute atomic E-state index is 10.0. The Balaban J connectivity index is 1.82. The van der Waals surface area contributed by atoms with Gasteiger partial charge in [0.15, 0.2) is 6.29 Å². The number of nitrogens with one attached hydrogen (secondary N) is 1. The average Bonchev–Trinajstić information content (AvgIpc) is 2.99. The molecule has 2 fully saturated rings. The van der Waals surface area contributed by atoms with Crippen LogP contribution in [0.2, 0.25) is 0 Å². The zero-order chi connectivity index (χ0) is 16.1. The van der Waals surface area contributed by atoms with Crippen LogP contribution in [0.15, 0.2) is 0 Å². The molecule has 2 aliphatic heterocycles. The zero-order valence-electron chi connectivity index (χ0n) is 13.4. The Morgan fingerprint density at radius 3 is 2.59 bits per heavy atom. The predicted molar refractivity (Wildman–Crippen MR) is 79.3 cm³/mol. The first-order chi connectivity index (χ1) is 10.5. The number of rotatable bonds is 7. The van der Waals surface area contributed by atoms with Crippen LogP contribution in [-0.2, 0) is 14.2 Å². The summed E-state index contributed by atoms with van der Waals surface area (Å²) in [6, 6.07) is 0. The van der Waals surface area contributed by atoms with Crippen LogP contribution in [-0.4, -0.2) is 78.4 Å². The molecule has 0 aromatic carbocycles. The van der Waals surface area contributed by atoms with Crippen LogP contribution in [0.4, 0.5) is 0 Å². The summed E-state index contributed by atoms with van der Waals surface area (Å²) in [5.41, 5.74) is 0. The summed E-state index contributed by atoms with van der Waals surface area (Å²) in [5, 5.41) is 33.2. The van der Waals surface area contributed by atoms with Crippen molar-refractivity contribution >= 4 is 0 Å². The highest BCUT2D eigenvalue weighted by atomic mass is 16.7. The molecule has 2 heterocycles. The van der Waals surface area contributed by atoms with Gasteiger partial charge in [0.1, 0.15) is 24.4 Å². The van der Waals surface area contributed by atoms with E-state index in [-0.39, 0.29) is 6.10 Å². The van der Waals surface area contributed by atoms with Crippen LogP contribution in [0, 0.1) is 5.92 Å². The highest BCUT2D eigenvalue weighted by Gasteiger charge is 2.44. The van der Waals surface area contributed by atoms with Gasteiger partial charge >= 0.3 is 0 Å². The SMILES string of the molecule is CC(C)CNC[C@H]1O[C@H](OCC2CCCO2)[C@@H](O)[C@@H](O)[C@H]1O. The van der Waals surface area contributed by atoms with E-state index in [1.54, 1.807) is 0 Å². The molecule has 0 radical (unpaired) electrons. The summed E-state index contributed by atoms with van der Waals surface area (Å²) in [5.74, 6) is 0.475. The van der Waals surface area contributed by atoms with Crippen molar-refractivity contribution in [3.05, 3.63) is 0 Å². The lowest BCUT2D eigenvalue weighted by molar-refractivity contribution is -0.299. The van der Waals surface area contributed by atoms with Gasteiger partial charge in [-0.15, -0.1) is 0 Å². The van der Waals surface area contributed by atoms with E-state index in [1.165, 1.54) is 0 Å². The van der Waals surface area contributed by atoms with Crippen molar-refractivity contribution in [1.29, 1.82) is 0 Å². The first-order valence-electron chi connectivity index (χ1n) is 8.12. The van der Waals surface area contributed by atoms with Gasteiger partial charge in [-0.1, -0.05) is 13.8 Å². The van der Waals surface area contributed by atoms with Crippen LogP contribution in [0.5, 0.6) is 0 Å². The fourth-order valence-corrected chi connectivity index (χ4v) is 2.72. The van der Waals surface area contributed by atoms with E-state index >= 15 is 0 Å². The van der Waals surface area contributed by atoms with Gasteiger partial charge in [0.05, 0.1) is 12.7 Å². The van der Waals surface area contributed by atoms with E-state index in [0.717, 1.165) is 26.0 Å². The van der Waals surface area contributed by atoms with Crippen molar-refractivity contribution in [1.82, 2.24) is 5.32 Å². The van der Waals surface area contributed by atoms with Crippen molar-refractivity contribution in [2.24, 2.45) is 5.92 Å². The lowest BCUT2D eigenvalue weighted by Crippen LogP contribution is -2.60. The van der Waals surface area contributed by atoms with E-state index in [9.17, 15) is 15.3 Å². The van der Waals surface area contributed by atoms with E-state index in [4.69, 9.17) is 14.2 Å². The van der Waals surface area contributed by atoms with Gasteiger partial charge in [-0.05, 0) is 25.3 Å². The van der Waals surface area contributed by atoms with Gasteiger partial charge in [0.25, 0.3) is 0 Å². The van der Waals surface area contributed by atoms with Crippen LogP contribution in [0.25, 0.3) is 0 Å². The smallest absolute Gasteiger partial charge is 0.186 e. The number of hydrogen-bond acceptors (Lipinski definition) is 7. The Hall–Kier alpha value is -0.280. The molecule has 4 N–H and O–H groups in total. The van der Waals surface area contributed by atoms with Gasteiger partial charge in [0, 0.05) is 13.2 Å². The molecule has 130 valence electrons. The molecule has 2 aliphatic rings. The molecule has 0 amide bonds. The molecule has 6 atom stereocenters. The Bertz CT molecular complexity index is 323. The third kappa shape index (κ3) is 4.86. The van der Waals surface area contributed by atoms with Gasteiger partial charge < -0.3 is 34.8 Å². The molecule has 0 saturated carbocycles. The minimum Gasteiger partial charge on any atom is -0.388 e. The molecule has 0 aromatic heterocycles. The predicted octanol–water partition coefficient (Wildman–Crippen LogP) is -0.765. The zero-order valence-corrected chi connectivity index (χ0v) is 13.4. The topological polar surface area (TPSA) is 100 Å². The molecule has 0 aromatic rings. The van der Waals surface area contributed by atoms with Crippen molar-refractivity contribution in [2.45, 2.75) is 63.5 Å². The van der Waals surface area contributed by atoms with Crippen molar-refractivity contribution < 1.29 is 29.5 Å². The van der Waals surface area contributed by atoms with Gasteiger partial charge in [-0.25, -0.2) is 0 Å². The number of aliphatic hydroxyl groups excluding tert-OH is 3. The standard InChI is InChI=1S/C15H29NO6/c1-9(2)6-16-7-11-12(17)13(18)14(19)15(22-11)21-8-10-4-3-5-20-10/h9-19H,3-8H2,1-2H3/t10?,11-,12+,13+,14+,15+/m1/s1. The lowest BCUT2D eigenvalue weighted by atomic mass is 9.98. The molecule has 2 rings (SSSR count). The Kier molecular flexibility index (Phi) is 7.01. The van der Waals surface area contributed by atoms with Crippen LogP contribution < -0.4 is 5.32 Å². The molecule has 0 bridgehead atoms. The van der Waals surface area contributed by atoms with Crippen LogP contribution in [0.3, 0.4) is 0 Å².